The fourth-order valence-electron chi connectivity index (χ4n) is 1.58. The molecule has 0 unspecified atom stereocenters. The van der Waals surface area contributed by atoms with Crippen LogP contribution in [0.25, 0.3) is 0 Å². The van der Waals surface area contributed by atoms with E-state index in [1.807, 2.05) is 12.1 Å². The number of ether oxygens (including phenoxy) is 1. The van der Waals surface area contributed by atoms with Crippen molar-refractivity contribution in [3.63, 3.8) is 0 Å². The molecular formula is C13H16N4O2. The molecule has 0 bridgehead atoms. The Balaban J connectivity index is 1.92. The fourth-order valence-corrected chi connectivity index (χ4v) is 1.58. The number of rotatable bonds is 6. The number of amides is 1. The molecule has 0 radical (unpaired) electrons. The van der Waals surface area contributed by atoms with Gasteiger partial charge in [0.2, 0.25) is 5.91 Å². The minimum atomic E-state index is -0.139. The number of nitrogens with two attached hydrogens (primary N) is 1. The molecule has 6 heteroatoms. The van der Waals surface area contributed by atoms with Crippen molar-refractivity contribution in [2.75, 3.05) is 18.5 Å². The molecule has 0 atom stereocenters. The van der Waals surface area contributed by atoms with Crippen LogP contribution in [0.3, 0.4) is 0 Å². The Labute approximate surface area is 111 Å². The van der Waals surface area contributed by atoms with E-state index in [-0.39, 0.29) is 12.5 Å². The van der Waals surface area contributed by atoms with Gasteiger partial charge in [-0.1, -0.05) is 6.07 Å². The van der Waals surface area contributed by atoms with Crippen molar-refractivity contribution >= 4 is 11.6 Å². The van der Waals surface area contributed by atoms with Crippen LogP contribution in [0, 0.1) is 0 Å². The number of hydrogen-bond donors (Lipinski definition) is 2. The Hall–Kier alpha value is -2.34. The number of anilines is 1. The van der Waals surface area contributed by atoms with Gasteiger partial charge in [-0.2, -0.15) is 5.10 Å². The highest BCUT2D eigenvalue weighted by atomic mass is 16.5. The summed E-state index contributed by atoms with van der Waals surface area (Å²) in [5, 5.41) is 6.76. The van der Waals surface area contributed by atoms with Gasteiger partial charge in [-0.25, -0.2) is 0 Å². The standard InChI is InChI=1S/C13H16N4O2/c14-5-8-19-12-4-1-3-11(9-12)16-13(18)10-17-7-2-6-15-17/h1-4,6-7,9H,5,8,10,14H2,(H,16,18). The highest BCUT2D eigenvalue weighted by Crippen LogP contribution is 2.17. The summed E-state index contributed by atoms with van der Waals surface area (Å²) in [6.07, 6.45) is 3.37. The SMILES string of the molecule is NCCOc1cccc(NC(=O)Cn2cccn2)c1. The van der Waals surface area contributed by atoms with Gasteiger partial charge < -0.3 is 15.8 Å². The van der Waals surface area contributed by atoms with Crippen LogP contribution in [0.5, 0.6) is 5.75 Å². The topological polar surface area (TPSA) is 82.2 Å². The highest BCUT2D eigenvalue weighted by Gasteiger charge is 2.04. The van der Waals surface area contributed by atoms with E-state index >= 15 is 0 Å². The summed E-state index contributed by atoms with van der Waals surface area (Å²) in [5.74, 6) is 0.544. The van der Waals surface area contributed by atoms with E-state index in [0.29, 0.717) is 24.6 Å². The molecule has 2 rings (SSSR count). The lowest BCUT2D eigenvalue weighted by atomic mass is 10.3. The number of carbonyl (C=O) groups is 1. The second-order valence-electron chi connectivity index (χ2n) is 3.92. The second kappa shape index (κ2) is 6.55. The molecule has 1 amide bonds. The summed E-state index contributed by atoms with van der Waals surface area (Å²) in [4.78, 5) is 11.8. The molecule has 0 aliphatic carbocycles. The predicted octanol–water partition coefficient (Wildman–Crippen LogP) is 0.859. The highest BCUT2D eigenvalue weighted by molar-refractivity contribution is 5.90. The minimum absolute atomic E-state index is 0.139. The van der Waals surface area contributed by atoms with Gasteiger partial charge >= 0.3 is 0 Å². The molecule has 0 fully saturated rings. The van der Waals surface area contributed by atoms with Crippen LogP contribution < -0.4 is 15.8 Å². The molecule has 0 saturated carbocycles. The van der Waals surface area contributed by atoms with Gasteiger partial charge in [-0.05, 0) is 18.2 Å². The van der Waals surface area contributed by atoms with Crippen molar-refractivity contribution in [1.29, 1.82) is 0 Å². The number of benzene rings is 1. The van der Waals surface area contributed by atoms with E-state index < -0.39 is 0 Å². The van der Waals surface area contributed by atoms with Gasteiger partial charge in [-0.3, -0.25) is 9.48 Å². The molecule has 0 spiro atoms. The zero-order valence-corrected chi connectivity index (χ0v) is 10.5. The third-order valence-corrected chi connectivity index (χ3v) is 2.37. The maximum atomic E-state index is 11.8. The Morgan fingerprint density at radius 2 is 2.32 bits per heavy atom. The number of hydrogen-bond acceptors (Lipinski definition) is 4. The molecule has 1 heterocycles. The third kappa shape index (κ3) is 4.11. The average molecular weight is 260 g/mol. The Bertz CT molecular complexity index is 525. The largest absolute Gasteiger partial charge is 0.492 e. The molecule has 0 aliphatic heterocycles. The smallest absolute Gasteiger partial charge is 0.246 e. The van der Waals surface area contributed by atoms with Crippen LogP contribution in [0.2, 0.25) is 0 Å². The lowest BCUT2D eigenvalue weighted by Crippen LogP contribution is -2.19. The number of nitrogens with zero attached hydrogens (tertiary/aromatic N) is 2. The Kier molecular flexibility index (Phi) is 4.52. The molecule has 100 valence electrons. The lowest BCUT2D eigenvalue weighted by Gasteiger charge is -2.08. The maximum Gasteiger partial charge on any atom is 0.246 e. The summed E-state index contributed by atoms with van der Waals surface area (Å²) in [6.45, 7) is 1.08. The molecule has 3 N–H and O–H groups in total. The van der Waals surface area contributed by atoms with Crippen LogP contribution in [0.4, 0.5) is 5.69 Å². The van der Waals surface area contributed by atoms with E-state index in [4.69, 9.17) is 10.5 Å². The van der Waals surface area contributed by atoms with Gasteiger partial charge in [0.1, 0.15) is 18.9 Å². The first-order valence-corrected chi connectivity index (χ1v) is 5.98. The van der Waals surface area contributed by atoms with Gasteiger partial charge in [-0.15, -0.1) is 0 Å². The van der Waals surface area contributed by atoms with Gasteiger partial charge in [0.25, 0.3) is 0 Å². The summed E-state index contributed by atoms with van der Waals surface area (Å²) in [6, 6.07) is 8.97. The number of carbonyl (C=O) groups excluding carboxylic acids is 1. The van der Waals surface area contributed by atoms with E-state index in [0.717, 1.165) is 0 Å². The minimum Gasteiger partial charge on any atom is -0.492 e. The van der Waals surface area contributed by atoms with Crippen molar-refractivity contribution in [3.05, 3.63) is 42.7 Å². The van der Waals surface area contributed by atoms with E-state index in [9.17, 15) is 4.79 Å². The molecule has 19 heavy (non-hydrogen) atoms. The first-order chi connectivity index (χ1) is 9.28. The Morgan fingerprint density at radius 1 is 1.42 bits per heavy atom. The summed E-state index contributed by atoms with van der Waals surface area (Å²) < 4.78 is 6.95. The Morgan fingerprint density at radius 3 is 3.05 bits per heavy atom. The summed E-state index contributed by atoms with van der Waals surface area (Å²) in [7, 11) is 0. The van der Waals surface area contributed by atoms with Crippen molar-refractivity contribution in [3.8, 4) is 5.75 Å². The van der Waals surface area contributed by atoms with Gasteiger partial charge in [0.05, 0.1) is 0 Å². The molecule has 1 aromatic heterocycles. The van der Waals surface area contributed by atoms with Crippen molar-refractivity contribution in [2.45, 2.75) is 6.54 Å². The van der Waals surface area contributed by atoms with Crippen molar-refractivity contribution < 1.29 is 9.53 Å². The lowest BCUT2D eigenvalue weighted by molar-refractivity contribution is -0.116. The predicted molar refractivity (Wildman–Crippen MR) is 71.8 cm³/mol. The fraction of sp³-hybridized carbons (Fsp3) is 0.231. The molecule has 0 aliphatic rings. The summed E-state index contributed by atoms with van der Waals surface area (Å²) in [5.41, 5.74) is 6.05. The summed E-state index contributed by atoms with van der Waals surface area (Å²) >= 11 is 0. The maximum absolute atomic E-state index is 11.8. The molecule has 6 nitrogen and oxygen atoms in total. The van der Waals surface area contributed by atoms with E-state index in [2.05, 4.69) is 10.4 Å². The number of aromatic nitrogens is 2. The van der Waals surface area contributed by atoms with Crippen molar-refractivity contribution in [2.24, 2.45) is 5.73 Å². The van der Waals surface area contributed by atoms with E-state index in [1.165, 1.54) is 0 Å². The van der Waals surface area contributed by atoms with Crippen LogP contribution in [0.1, 0.15) is 0 Å². The van der Waals surface area contributed by atoms with Crippen LogP contribution in [-0.2, 0) is 11.3 Å². The molecule has 0 saturated heterocycles. The molecule has 1 aromatic carbocycles. The van der Waals surface area contributed by atoms with Crippen LogP contribution in [-0.4, -0.2) is 28.8 Å². The van der Waals surface area contributed by atoms with Crippen molar-refractivity contribution in [1.82, 2.24) is 9.78 Å². The first-order valence-electron chi connectivity index (χ1n) is 5.98. The molecular weight excluding hydrogens is 244 g/mol. The first kappa shape index (κ1) is 13.1. The normalized spacial score (nSPS) is 10.2. The zero-order valence-electron chi connectivity index (χ0n) is 10.5. The second-order valence-corrected chi connectivity index (χ2v) is 3.92. The third-order valence-electron chi connectivity index (χ3n) is 2.37. The molecule has 2 aromatic rings. The van der Waals surface area contributed by atoms with E-state index in [1.54, 1.807) is 35.3 Å². The monoisotopic (exact) mass is 260 g/mol. The van der Waals surface area contributed by atoms with Crippen LogP contribution in [0.15, 0.2) is 42.7 Å². The average Bonchev–Trinajstić information content (AvgIpc) is 2.89. The van der Waals surface area contributed by atoms with Crippen LogP contribution >= 0.6 is 0 Å². The quantitative estimate of drug-likeness (QED) is 0.807. The van der Waals surface area contributed by atoms with Gasteiger partial charge in [0, 0.05) is 30.7 Å². The number of nitrogens with one attached hydrogen (secondary N) is 1. The zero-order chi connectivity index (χ0) is 13.5. The van der Waals surface area contributed by atoms with Gasteiger partial charge in [0.15, 0.2) is 0 Å².